The first-order valence-corrected chi connectivity index (χ1v) is 11.3. The van der Waals surface area contributed by atoms with Crippen LogP contribution >= 0.6 is 11.6 Å². The first kappa shape index (κ1) is 19.1. The number of halogens is 1. The van der Waals surface area contributed by atoms with Gasteiger partial charge >= 0.3 is 0 Å². The van der Waals surface area contributed by atoms with E-state index in [0.29, 0.717) is 17.9 Å². The Morgan fingerprint density at radius 2 is 1.45 bits per heavy atom. The van der Waals surface area contributed by atoms with E-state index in [0.717, 1.165) is 56.9 Å². The summed E-state index contributed by atoms with van der Waals surface area (Å²) in [4.78, 5) is 42.1. The van der Waals surface area contributed by atoms with Gasteiger partial charge in [-0.2, -0.15) is 0 Å². The molecule has 5 rings (SSSR count). The molecule has 6 heteroatoms. The Balaban J connectivity index is 1.41. The van der Waals surface area contributed by atoms with Gasteiger partial charge in [-0.05, 0) is 56.2 Å². The minimum Gasteiger partial charge on any atom is -0.336 e. The van der Waals surface area contributed by atoms with Gasteiger partial charge in [0.2, 0.25) is 17.7 Å². The Morgan fingerprint density at radius 1 is 0.897 bits per heavy atom. The molecule has 1 aromatic rings. The lowest BCUT2D eigenvalue weighted by Gasteiger charge is -2.45. The smallest absolute Gasteiger partial charge is 0.233 e. The highest BCUT2D eigenvalue weighted by Gasteiger charge is 2.53. The van der Waals surface area contributed by atoms with Crippen LogP contribution in [0.2, 0.25) is 5.02 Å². The van der Waals surface area contributed by atoms with Crippen LogP contribution in [0.5, 0.6) is 0 Å². The molecule has 2 bridgehead atoms. The summed E-state index contributed by atoms with van der Waals surface area (Å²) in [7, 11) is 0. The average molecular weight is 415 g/mol. The lowest BCUT2D eigenvalue weighted by molar-refractivity contribution is -0.147. The number of carbonyl (C=O) groups is 3. The van der Waals surface area contributed by atoms with E-state index < -0.39 is 5.41 Å². The zero-order valence-corrected chi connectivity index (χ0v) is 17.4. The van der Waals surface area contributed by atoms with Crippen LogP contribution in [-0.2, 0) is 19.8 Å². The molecule has 1 aliphatic carbocycles. The van der Waals surface area contributed by atoms with Gasteiger partial charge in [-0.25, -0.2) is 0 Å². The maximum atomic E-state index is 14.0. The SMILES string of the molecule is O=C1CCC(=O)N1C1CC2CCC(C1)N2C(=O)C1(c2ccc(Cl)cc2)CCCC1. The maximum Gasteiger partial charge on any atom is 0.233 e. The second-order valence-electron chi connectivity index (χ2n) is 9.18. The van der Waals surface area contributed by atoms with Crippen LogP contribution in [0.4, 0.5) is 0 Å². The molecule has 29 heavy (non-hydrogen) atoms. The fraction of sp³-hybridized carbons (Fsp3) is 0.609. The summed E-state index contributed by atoms with van der Waals surface area (Å²) >= 11 is 6.10. The Bertz CT molecular complexity index is 816. The van der Waals surface area contributed by atoms with E-state index in [-0.39, 0.29) is 35.8 Å². The Labute approximate surface area is 176 Å². The summed E-state index contributed by atoms with van der Waals surface area (Å²) in [6.45, 7) is 0. The van der Waals surface area contributed by atoms with Crippen molar-refractivity contribution < 1.29 is 14.4 Å². The van der Waals surface area contributed by atoms with Crippen LogP contribution in [0.25, 0.3) is 0 Å². The third kappa shape index (κ3) is 3.00. The summed E-state index contributed by atoms with van der Waals surface area (Å²) in [5.41, 5.74) is 0.633. The van der Waals surface area contributed by atoms with Crippen molar-refractivity contribution >= 4 is 29.3 Å². The van der Waals surface area contributed by atoms with Crippen LogP contribution in [0.3, 0.4) is 0 Å². The number of likely N-dealkylation sites (tertiary alicyclic amines) is 1. The normalized spacial score (nSPS) is 31.0. The second kappa shape index (κ2) is 7.12. The molecule has 3 heterocycles. The van der Waals surface area contributed by atoms with Gasteiger partial charge in [-0.15, -0.1) is 0 Å². The Hall–Kier alpha value is -1.88. The van der Waals surface area contributed by atoms with Crippen molar-refractivity contribution in [2.24, 2.45) is 0 Å². The molecule has 2 unspecified atom stereocenters. The number of piperidine rings is 1. The molecule has 4 fully saturated rings. The van der Waals surface area contributed by atoms with Gasteiger partial charge in [-0.1, -0.05) is 36.6 Å². The first-order valence-electron chi connectivity index (χ1n) is 10.9. The zero-order chi connectivity index (χ0) is 20.2. The highest BCUT2D eigenvalue weighted by atomic mass is 35.5. The Morgan fingerprint density at radius 3 is 2.00 bits per heavy atom. The van der Waals surface area contributed by atoms with Crippen molar-refractivity contribution in [1.82, 2.24) is 9.80 Å². The van der Waals surface area contributed by atoms with Crippen molar-refractivity contribution in [3.63, 3.8) is 0 Å². The highest BCUT2D eigenvalue weighted by molar-refractivity contribution is 6.30. The topological polar surface area (TPSA) is 57.7 Å². The van der Waals surface area contributed by atoms with Gasteiger partial charge in [0.25, 0.3) is 0 Å². The second-order valence-corrected chi connectivity index (χ2v) is 9.61. The summed E-state index contributed by atoms with van der Waals surface area (Å²) < 4.78 is 0. The standard InChI is InChI=1S/C23H27ClN2O3/c24-16-5-3-15(4-6-16)23(11-1-2-12-23)22(29)25-17-7-8-18(25)14-19(13-17)26-20(27)9-10-21(26)28/h3-6,17-19H,1-2,7-14H2. The predicted molar refractivity (Wildman–Crippen MR) is 109 cm³/mol. The third-order valence-corrected chi connectivity index (χ3v) is 7.91. The Kier molecular flexibility index (Phi) is 4.69. The van der Waals surface area contributed by atoms with E-state index >= 15 is 0 Å². The molecule has 1 saturated carbocycles. The van der Waals surface area contributed by atoms with E-state index in [2.05, 4.69) is 4.90 Å². The van der Waals surface area contributed by atoms with Gasteiger partial charge < -0.3 is 4.90 Å². The van der Waals surface area contributed by atoms with Crippen molar-refractivity contribution in [1.29, 1.82) is 0 Å². The molecular formula is C23H27ClN2O3. The van der Waals surface area contributed by atoms with Gasteiger partial charge in [0, 0.05) is 36.0 Å². The van der Waals surface area contributed by atoms with Crippen molar-refractivity contribution in [2.75, 3.05) is 0 Å². The number of imide groups is 1. The summed E-state index contributed by atoms with van der Waals surface area (Å²) in [5.74, 6) is 0.183. The van der Waals surface area contributed by atoms with E-state index in [1.165, 1.54) is 4.90 Å². The van der Waals surface area contributed by atoms with Crippen LogP contribution in [0, 0.1) is 0 Å². The minimum absolute atomic E-state index is 0.0332. The van der Waals surface area contributed by atoms with E-state index in [1.54, 1.807) is 0 Å². The molecular weight excluding hydrogens is 388 g/mol. The van der Waals surface area contributed by atoms with E-state index in [9.17, 15) is 14.4 Å². The quantitative estimate of drug-likeness (QED) is 0.706. The fourth-order valence-electron chi connectivity index (χ4n) is 6.31. The molecule has 5 nitrogen and oxygen atoms in total. The highest BCUT2D eigenvalue weighted by Crippen LogP contribution is 2.47. The molecule has 0 N–H and O–H groups in total. The van der Waals surface area contributed by atoms with Crippen molar-refractivity contribution in [3.05, 3.63) is 34.9 Å². The number of rotatable bonds is 3. The van der Waals surface area contributed by atoms with Crippen LogP contribution in [-0.4, -0.2) is 45.6 Å². The summed E-state index contributed by atoms with van der Waals surface area (Å²) in [5, 5.41) is 0.690. The lowest BCUT2D eigenvalue weighted by atomic mass is 9.76. The van der Waals surface area contributed by atoms with Crippen LogP contribution < -0.4 is 0 Å². The number of amides is 3. The largest absolute Gasteiger partial charge is 0.336 e. The summed E-state index contributed by atoms with van der Waals surface area (Å²) in [6.07, 6.45) is 7.99. The number of hydrogen-bond acceptors (Lipinski definition) is 3. The monoisotopic (exact) mass is 414 g/mol. The molecule has 0 aromatic heterocycles. The van der Waals surface area contributed by atoms with Gasteiger partial charge in [0.05, 0.1) is 5.41 Å². The fourth-order valence-corrected chi connectivity index (χ4v) is 6.44. The molecule has 2 atom stereocenters. The zero-order valence-electron chi connectivity index (χ0n) is 16.6. The molecule has 4 aliphatic rings. The number of fused-ring (bicyclic) bond motifs is 2. The minimum atomic E-state index is -0.447. The van der Waals surface area contributed by atoms with Crippen molar-refractivity contribution in [2.45, 2.75) is 87.7 Å². The molecule has 0 spiro atoms. The molecule has 3 aliphatic heterocycles. The number of nitrogens with zero attached hydrogens (tertiary/aromatic N) is 2. The van der Waals surface area contributed by atoms with Crippen LogP contribution in [0.1, 0.15) is 69.8 Å². The van der Waals surface area contributed by atoms with Gasteiger partial charge in [-0.3, -0.25) is 19.3 Å². The first-order chi connectivity index (χ1) is 14.0. The van der Waals surface area contributed by atoms with E-state index in [4.69, 9.17) is 11.6 Å². The molecule has 3 saturated heterocycles. The number of carbonyl (C=O) groups excluding carboxylic acids is 3. The van der Waals surface area contributed by atoms with Gasteiger partial charge in [0.1, 0.15) is 0 Å². The van der Waals surface area contributed by atoms with E-state index in [1.807, 2.05) is 24.3 Å². The predicted octanol–water partition coefficient (Wildman–Crippen LogP) is 3.82. The third-order valence-electron chi connectivity index (χ3n) is 7.66. The molecule has 0 radical (unpaired) electrons. The lowest BCUT2D eigenvalue weighted by Crippen LogP contribution is -2.57. The van der Waals surface area contributed by atoms with Gasteiger partial charge in [0.15, 0.2) is 0 Å². The average Bonchev–Trinajstić information content (AvgIpc) is 3.39. The van der Waals surface area contributed by atoms with Crippen LogP contribution in [0.15, 0.2) is 24.3 Å². The molecule has 1 aromatic carbocycles. The number of benzene rings is 1. The molecule has 154 valence electrons. The van der Waals surface area contributed by atoms with Crippen molar-refractivity contribution in [3.8, 4) is 0 Å². The molecule has 3 amide bonds. The summed E-state index contributed by atoms with van der Waals surface area (Å²) in [6, 6.07) is 8.04. The number of hydrogen-bond donors (Lipinski definition) is 0. The maximum absolute atomic E-state index is 14.0.